The second kappa shape index (κ2) is 4.07. The van der Waals surface area contributed by atoms with Crippen LogP contribution in [0.3, 0.4) is 0 Å². The standard InChI is InChI=1S/C13H9ClFN3/c1-8-7-18-13(16-8)5-4-12(17-18)9-2-3-11(15)10(14)6-9/h2-7H,1H3. The first kappa shape index (κ1) is 11.2. The lowest BCUT2D eigenvalue weighted by Crippen LogP contribution is -1.93. The maximum Gasteiger partial charge on any atom is 0.153 e. The molecule has 0 fully saturated rings. The molecule has 0 aliphatic heterocycles. The minimum atomic E-state index is -0.431. The van der Waals surface area contributed by atoms with Gasteiger partial charge < -0.3 is 0 Å². The van der Waals surface area contributed by atoms with Crippen molar-refractivity contribution >= 4 is 17.2 Å². The molecular weight excluding hydrogens is 253 g/mol. The topological polar surface area (TPSA) is 30.2 Å². The molecule has 90 valence electrons. The van der Waals surface area contributed by atoms with Crippen LogP contribution in [0.25, 0.3) is 16.9 Å². The SMILES string of the molecule is Cc1cn2nc(-c3ccc(F)c(Cl)c3)ccc2n1. The summed E-state index contributed by atoms with van der Waals surface area (Å²) in [5, 5.41) is 4.50. The largest absolute Gasteiger partial charge is 0.232 e. The molecule has 2 heterocycles. The molecule has 0 N–H and O–H groups in total. The van der Waals surface area contributed by atoms with Crippen molar-refractivity contribution in [1.82, 2.24) is 14.6 Å². The number of fused-ring (bicyclic) bond motifs is 1. The highest BCUT2D eigenvalue weighted by Crippen LogP contribution is 2.23. The molecule has 0 radical (unpaired) electrons. The van der Waals surface area contributed by atoms with Crippen molar-refractivity contribution < 1.29 is 4.39 Å². The first-order valence-corrected chi connectivity index (χ1v) is 5.80. The molecule has 1 aromatic carbocycles. The van der Waals surface area contributed by atoms with Crippen molar-refractivity contribution in [3.8, 4) is 11.3 Å². The summed E-state index contributed by atoms with van der Waals surface area (Å²) in [4.78, 5) is 4.29. The number of rotatable bonds is 1. The molecule has 0 saturated heterocycles. The number of halogens is 2. The second-order valence-corrected chi connectivity index (χ2v) is 4.44. The molecule has 2 aromatic heterocycles. The van der Waals surface area contributed by atoms with Crippen LogP contribution in [0.1, 0.15) is 5.69 Å². The highest BCUT2D eigenvalue weighted by Gasteiger charge is 2.06. The molecule has 5 heteroatoms. The van der Waals surface area contributed by atoms with E-state index in [0.717, 1.165) is 22.6 Å². The molecular formula is C13H9ClFN3. The van der Waals surface area contributed by atoms with E-state index in [1.165, 1.54) is 6.07 Å². The predicted octanol–water partition coefficient (Wildman–Crippen LogP) is 3.50. The van der Waals surface area contributed by atoms with Crippen LogP contribution in [0, 0.1) is 12.7 Å². The fourth-order valence-electron chi connectivity index (χ4n) is 1.81. The van der Waals surface area contributed by atoms with Crippen molar-refractivity contribution in [2.24, 2.45) is 0 Å². The molecule has 3 rings (SSSR count). The van der Waals surface area contributed by atoms with Gasteiger partial charge in [0.25, 0.3) is 0 Å². The average molecular weight is 262 g/mol. The first-order valence-electron chi connectivity index (χ1n) is 5.42. The molecule has 0 unspecified atom stereocenters. The van der Waals surface area contributed by atoms with Crippen molar-refractivity contribution in [1.29, 1.82) is 0 Å². The van der Waals surface area contributed by atoms with Crippen molar-refractivity contribution in [2.75, 3.05) is 0 Å². The minimum Gasteiger partial charge on any atom is -0.232 e. The Morgan fingerprint density at radius 1 is 1.22 bits per heavy atom. The summed E-state index contributed by atoms with van der Waals surface area (Å²) < 4.78 is 14.8. The highest BCUT2D eigenvalue weighted by molar-refractivity contribution is 6.31. The van der Waals surface area contributed by atoms with Crippen LogP contribution in [0.5, 0.6) is 0 Å². The molecule has 18 heavy (non-hydrogen) atoms. The van der Waals surface area contributed by atoms with E-state index in [1.54, 1.807) is 16.6 Å². The minimum absolute atomic E-state index is 0.0937. The van der Waals surface area contributed by atoms with Crippen molar-refractivity contribution in [3.05, 3.63) is 53.1 Å². The van der Waals surface area contributed by atoms with Gasteiger partial charge in [0.1, 0.15) is 5.82 Å². The Morgan fingerprint density at radius 2 is 2.06 bits per heavy atom. The average Bonchev–Trinajstić information content (AvgIpc) is 2.71. The molecule has 0 atom stereocenters. The quantitative estimate of drug-likeness (QED) is 0.671. The summed E-state index contributed by atoms with van der Waals surface area (Å²) in [6.45, 7) is 1.91. The Hall–Kier alpha value is -1.94. The summed E-state index contributed by atoms with van der Waals surface area (Å²) in [5.41, 5.74) is 3.18. The molecule has 3 aromatic rings. The second-order valence-electron chi connectivity index (χ2n) is 4.03. The molecule has 3 nitrogen and oxygen atoms in total. The molecule has 0 spiro atoms. The number of hydrogen-bond donors (Lipinski definition) is 0. The van der Waals surface area contributed by atoms with Crippen LogP contribution in [-0.2, 0) is 0 Å². The molecule has 0 amide bonds. The first-order chi connectivity index (χ1) is 8.63. The van der Waals surface area contributed by atoms with Crippen molar-refractivity contribution in [3.63, 3.8) is 0 Å². The number of hydrogen-bond acceptors (Lipinski definition) is 2. The van der Waals surface area contributed by atoms with Gasteiger partial charge >= 0.3 is 0 Å². The number of aromatic nitrogens is 3. The lowest BCUT2D eigenvalue weighted by atomic mass is 10.1. The van der Waals surface area contributed by atoms with Crippen molar-refractivity contribution in [2.45, 2.75) is 6.92 Å². The number of nitrogens with zero attached hydrogens (tertiary/aromatic N) is 3. The lowest BCUT2D eigenvalue weighted by Gasteiger charge is -2.02. The van der Waals surface area contributed by atoms with Gasteiger partial charge in [0.2, 0.25) is 0 Å². The van der Waals surface area contributed by atoms with Crippen LogP contribution in [-0.4, -0.2) is 14.6 Å². The molecule has 0 aliphatic carbocycles. The van der Waals surface area contributed by atoms with E-state index < -0.39 is 5.82 Å². The third-order valence-electron chi connectivity index (χ3n) is 2.66. The summed E-state index contributed by atoms with van der Waals surface area (Å²) in [6, 6.07) is 8.26. The van der Waals surface area contributed by atoms with Gasteiger partial charge in [-0.1, -0.05) is 11.6 Å². The molecule has 0 aliphatic rings. The van der Waals surface area contributed by atoms with Crippen LogP contribution in [0.15, 0.2) is 36.5 Å². The van der Waals surface area contributed by atoms with E-state index >= 15 is 0 Å². The van der Waals surface area contributed by atoms with E-state index in [2.05, 4.69) is 10.1 Å². The molecule has 0 bridgehead atoms. The summed E-state index contributed by atoms with van der Waals surface area (Å²) in [6.07, 6.45) is 1.84. The lowest BCUT2D eigenvalue weighted by molar-refractivity contribution is 0.628. The number of imidazole rings is 1. The monoisotopic (exact) mass is 261 g/mol. The zero-order valence-electron chi connectivity index (χ0n) is 9.56. The zero-order valence-corrected chi connectivity index (χ0v) is 10.3. The normalized spacial score (nSPS) is 11.1. The summed E-state index contributed by atoms with van der Waals surface area (Å²) >= 11 is 5.76. The smallest absolute Gasteiger partial charge is 0.153 e. The Bertz CT molecular complexity index is 736. The predicted molar refractivity (Wildman–Crippen MR) is 68.1 cm³/mol. The fraction of sp³-hybridized carbons (Fsp3) is 0.0769. The van der Waals surface area contributed by atoms with Gasteiger partial charge in [0.05, 0.1) is 22.6 Å². The summed E-state index contributed by atoms with van der Waals surface area (Å²) in [7, 11) is 0. The fourth-order valence-corrected chi connectivity index (χ4v) is 1.99. The summed E-state index contributed by atoms with van der Waals surface area (Å²) in [5.74, 6) is -0.431. The Morgan fingerprint density at radius 3 is 2.83 bits per heavy atom. The highest BCUT2D eigenvalue weighted by atomic mass is 35.5. The number of benzene rings is 1. The van der Waals surface area contributed by atoms with Gasteiger partial charge in [-0.25, -0.2) is 13.9 Å². The van der Waals surface area contributed by atoms with Gasteiger partial charge in [-0.3, -0.25) is 0 Å². The zero-order chi connectivity index (χ0) is 12.7. The van der Waals surface area contributed by atoms with E-state index in [1.807, 2.05) is 25.3 Å². The Labute approximate surface area is 108 Å². The van der Waals surface area contributed by atoms with Gasteiger partial charge in [0, 0.05) is 5.56 Å². The van der Waals surface area contributed by atoms with Gasteiger partial charge in [-0.2, -0.15) is 5.10 Å². The maximum atomic E-state index is 13.1. The maximum absolute atomic E-state index is 13.1. The van der Waals surface area contributed by atoms with Crippen LogP contribution >= 0.6 is 11.6 Å². The van der Waals surface area contributed by atoms with Crippen LogP contribution in [0.2, 0.25) is 5.02 Å². The van der Waals surface area contributed by atoms with Gasteiger partial charge in [-0.05, 0) is 37.3 Å². The Kier molecular flexibility index (Phi) is 2.52. The Balaban J connectivity index is 2.15. The van der Waals surface area contributed by atoms with Gasteiger partial charge in [-0.15, -0.1) is 0 Å². The van der Waals surface area contributed by atoms with Gasteiger partial charge in [0.15, 0.2) is 5.65 Å². The van der Waals surface area contributed by atoms with E-state index in [4.69, 9.17) is 11.6 Å². The number of aryl methyl sites for hydroxylation is 1. The third-order valence-corrected chi connectivity index (χ3v) is 2.95. The van der Waals surface area contributed by atoms with Crippen LogP contribution < -0.4 is 0 Å². The van der Waals surface area contributed by atoms with Crippen LogP contribution in [0.4, 0.5) is 4.39 Å². The third kappa shape index (κ3) is 1.84. The molecule has 0 saturated carbocycles. The van der Waals surface area contributed by atoms with E-state index in [0.29, 0.717) is 0 Å². The van der Waals surface area contributed by atoms with E-state index in [-0.39, 0.29) is 5.02 Å². The van der Waals surface area contributed by atoms with E-state index in [9.17, 15) is 4.39 Å².